The second-order valence-electron chi connectivity index (χ2n) is 11.1. The van der Waals surface area contributed by atoms with E-state index in [0.29, 0.717) is 21.4 Å². The van der Waals surface area contributed by atoms with Crippen LogP contribution in [0.2, 0.25) is 10.0 Å². The molecule has 0 fully saturated rings. The summed E-state index contributed by atoms with van der Waals surface area (Å²) in [5.41, 5.74) is 1.54. The molecule has 0 atom stereocenters. The average Bonchev–Trinajstić information content (AvgIpc) is 3.57. The maximum atomic E-state index is 11.5. The van der Waals surface area contributed by atoms with Gasteiger partial charge in [0.2, 0.25) is 31.8 Å². The zero-order valence-corrected chi connectivity index (χ0v) is 32.6. The molecule has 0 saturated heterocycles. The van der Waals surface area contributed by atoms with Crippen molar-refractivity contribution >= 4 is 66.0 Å². The first-order valence-corrected chi connectivity index (χ1v) is 18.8. The van der Waals surface area contributed by atoms with Crippen molar-refractivity contribution in [2.45, 2.75) is 23.6 Å². The van der Waals surface area contributed by atoms with Crippen LogP contribution in [0, 0.1) is 13.8 Å². The molecule has 2 aromatic heterocycles. The fourth-order valence-corrected chi connectivity index (χ4v) is 5.99. The molecule has 0 spiro atoms. The Kier molecular flexibility index (Phi) is 13.1. The minimum Gasteiger partial charge on any atom is -0.506 e. The first-order valence-electron chi connectivity index (χ1n) is 15.0. The molecule has 0 radical (unpaired) electrons. The number of aryl methyl sites for hydroxylation is 2. The molecule has 8 N–H and O–H groups in total. The third-order valence-electron chi connectivity index (χ3n) is 7.18. The van der Waals surface area contributed by atoms with E-state index in [-0.39, 0.29) is 84.5 Å². The van der Waals surface area contributed by atoms with Crippen LogP contribution in [-0.2, 0) is 37.4 Å². The van der Waals surface area contributed by atoms with E-state index in [1.807, 2.05) is 0 Å². The van der Waals surface area contributed by atoms with Gasteiger partial charge in [-0.2, -0.15) is 19.6 Å². The Hall–Kier alpha value is -5.37. The second-order valence-corrected chi connectivity index (χ2v) is 15.1. The zero-order chi connectivity index (χ0) is 39.5. The number of aromatic nitrogens is 4. The number of hydrogen-bond acceptors (Lipinski definition) is 14. The molecule has 23 heteroatoms. The van der Waals surface area contributed by atoms with Gasteiger partial charge in [0.15, 0.2) is 11.4 Å². The van der Waals surface area contributed by atoms with Crippen LogP contribution >= 0.6 is 23.2 Å². The van der Waals surface area contributed by atoms with E-state index in [4.69, 9.17) is 33.5 Å². The number of rotatable bonds is 8. The van der Waals surface area contributed by atoms with E-state index < -0.39 is 20.0 Å². The van der Waals surface area contributed by atoms with Crippen LogP contribution < -0.4 is 10.3 Å². The number of aromatic hydroxyl groups is 4. The van der Waals surface area contributed by atoms with Crippen LogP contribution in [0.5, 0.6) is 23.3 Å². The molecule has 0 saturated carbocycles. The quantitative estimate of drug-likeness (QED) is 0.0890. The standard InChI is InChI=1S/2C16H14ClN5O4S.Cr/c2*1-9-15(20-19-13-7-10(17)5-6-14(13)23)16(24)22(21-9)11-3-2-4-12(8-11)27(18,25)26;/h2*2-8,23-24H,1H3,(H2,18,25,26);. The first-order chi connectivity index (χ1) is 25.3. The number of benzene rings is 4. The Morgan fingerprint density at radius 3 is 1.29 bits per heavy atom. The van der Waals surface area contributed by atoms with Crippen molar-refractivity contribution < 1.29 is 54.6 Å². The van der Waals surface area contributed by atoms with E-state index in [2.05, 4.69) is 30.7 Å². The second kappa shape index (κ2) is 17.0. The minimum atomic E-state index is -3.91. The van der Waals surface area contributed by atoms with Gasteiger partial charge in [0.25, 0.3) is 0 Å². The molecule has 18 nitrogen and oxygen atoms in total. The summed E-state index contributed by atoms with van der Waals surface area (Å²) in [5, 5.41) is 75.3. The van der Waals surface area contributed by atoms with Gasteiger partial charge in [-0.1, -0.05) is 35.3 Å². The number of halogens is 2. The summed E-state index contributed by atoms with van der Waals surface area (Å²) in [6.45, 7) is 3.18. The van der Waals surface area contributed by atoms with Crippen molar-refractivity contribution in [2.75, 3.05) is 0 Å². The minimum absolute atomic E-state index is 0. The first kappa shape index (κ1) is 42.4. The zero-order valence-electron chi connectivity index (χ0n) is 28.2. The fraction of sp³-hybridized carbons (Fsp3) is 0.0625. The number of primary sulfonamides is 2. The van der Waals surface area contributed by atoms with E-state index in [0.717, 1.165) is 9.36 Å². The van der Waals surface area contributed by atoms with Gasteiger partial charge in [-0.05, 0) is 86.6 Å². The van der Waals surface area contributed by atoms with Crippen LogP contribution in [0.15, 0.2) is 115 Å². The molecule has 0 aliphatic rings. The summed E-state index contributed by atoms with van der Waals surface area (Å²) in [7, 11) is -7.82. The van der Waals surface area contributed by atoms with Crippen LogP contribution in [0.1, 0.15) is 11.4 Å². The van der Waals surface area contributed by atoms with Gasteiger partial charge >= 0.3 is 0 Å². The van der Waals surface area contributed by atoms with Crippen LogP contribution in [0.4, 0.5) is 22.7 Å². The summed E-state index contributed by atoms with van der Waals surface area (Å²) in [4.78, 5) is -0.251. The summed E-state index contributed by atoms with van der Waals surface area (Å²) in [6.07, 6.45) is 0. The van der Waals surface area contributed by atoms with Crippen molar-refractivity contribution in [3.8, 4) is 34.6 Å². The Morgan fingerprint density at radius 1 is 0.582 bits per heavy atom. The number of sulfonamides is 2. The largest absolute Gasteiger partial charge is 0.506 e. The van der Waals surface area contributed by atoms with Gasteiger partial charge in [0.1, 0.15) is 22.9 Å². The summed E-state index contributed by atoms with van der Waals surface area (Å²) < 4.78 is 48.3. The average molecular weight is 868 g/mol. The van der Waals surface area contributed by atoms with Gasteiger partial charge in [-0.25, -0.2) is 27.1 Å². The van der Waals surface area contributed by atoms with Gasteiger partial charge in [0.05, 0.1) is 32.6 Å². The molecule has 0 aliphatic carbocycles. The van der Waals surface area contributed by atoms with Crippen molar-refractivity contribution in [1.29, 1.82) is 0 Å². The molecule has 0 amide bonds. The van der Waals surface area contributed by atoms with E-state index >= 15 is 0 Å². The molecule has 0 bridgehead atoms. The van der Waals surface area contributed by atoms with Crippen molar-refractivity contribution in [2.24, 2.45) is 30.7 Å². The van der Waals surface area contributed by atoms with Crippen LogP contribution in [0.25, 0.3) is 11.4 Å². The molecule has 6 aromatic rings. The van der Waals surface area contributed by atoms with Gasteiger partial charge in [-0.15, -0.1) is 20.5 Å². The van der Waals surface area contributed by atoms with Crippen molar-refractivity contribution in [3.63, 3.8) is 0 Å². The molecular weight excluding hydrogens is 839 g/mol. The number of azo groups is 2. The molecule has 2 heterocycles. The summed E-state index contributed by atoms with van der Waals surface area (Å²) >= 11 is 11.7. The number of nitrogens with zero attached hydrogens (tertiary/aromatic N) is 8. The SMILES string of the molecule is Cc1nn(-c2cccc(S(N)(=O)=O)c2)c(O)c1N=Nc1cc(Cl)ccc1O.Cc1nn(-c2cccc(S(N)(=O)=O)c2)c(O)c1N=Nc1cc(Cl)ccc1O.[Cr]. The summed E-state index contributed by atoms with van der Waals surface area (Å²) in [5.74, 6) is -0.976. The molecule has 0 unspecified atom stereocenters. The van der Waals surface area contributed by atoms with Crippen LogP contribution in [0.3, 0.4) is 0 Å². The van der Waals surface area contributed by atoms with Crippen molar-refractivity contribution in [1.82, 2.24) is 19.6 Å². The van der Waals surface area contributed by atoms with E-state index in [1.54, 1.807) is 26.0 Å². The third kappa shape index (κ3) is 10.0. The predicted octanol–water partition coefficient (Wildman–Crippen LogP) is 6.61. The number of hydrogen-bond donors (Lipinski definition) is 6. The predicted molar refractivity (Wildman–Crippen MR) is 197 cm³/mol. The molecular formula is C32H28Cl2CrN10O8S2. The monoisotopic (exact) mass is 866 g/mol. The normalized spacial score (nSPS) is 11.7. The topological polar surface area (TPSA) is 286 Å². The maximum Gasteiger partial charge on any atom is 0.243 e. The Morgan fingerprint density at radius 2 is 0.945 bits per heavy atom. The van der Waals surface area contributed by atoms with Crippen LogP contribution in [-0.4, -0.2) is 56.8 Å². The van der Waals surface area contributed by atoms with Gasteiger partial charge < -0.3 is 20.4 Å². The molecule has 6 rings (SSSR count). The maximum absolute atomic E-state index is 11.5. The molecule has 55 heavy (non-hydrogen) atoms. The van der Waals surface area contributed by atoms with Crippen molar-refractivity contribution in [3.05, 3.63) is 106 Å². The number of nitrogens with two attached hydrogens (primary N) is 2. The smallest absolute Gasteiger partial charge is 0.243 e. The number of phenols is 2. The molecule has 4 aromatic carbocycles. The Bertz CT molecular complexity index is 2510. The van der Waals surface area contributed by atoms with Gasteiger partial charge in [-0.3, -0.25) is 0 Å². The van der Waals surface area contributed by atoms with E-state index in [1.165, 1.54) is 72.8 Å². The van der Waals surface area contributed by atoms with E-state index in [9.17, 15) is 37.3 Å². The fourth-order valence-electron chi connectivity index (χ4n) is 4.55. The molecule has 286 valence electrons. The Balaban J connectivity index is 0.000000240. The summed E-state index contributed by atoms with van der Waals surface area (Å²) in [6, 6.07) is 19.8. The number of phenolic OH excluding ortho intramolecular Hbond substituents is 2. The Labute approximate surface area is 333 Å². The third-order valence-corrected chi connectivity index (χ3v) is 9.47. The molecule has 0 aliphatic heterocycles. The van der Waals surface area contributed by atoms with Gasteiger partial charge in [0, 0.05) is 27.4 Å².